The first-order valence-corrected chi connectivity index (χ1v) is 6.98. The topological polar surface area (TPSA) is 75.4 Å². The molecule has 0 aliphatic carbocycles. The van der Waals surface area contributed by atoms with Crippen LogP contribution in [0.2, 0.25) is 0 Å². The molecule has 0 radical (unpaired) electrons. The lowest BCUT2D eigenvalue weighted by atomic mass is 10.2. The second-order valence-corrected chi connectivity index (χ2v) is 5.12. The third kappa shape index (κ3) is 4.93. The molecule has 6 heteroatoms. The Balaban J connectivity index is 2.45. The predicted molar refractivity (Wildman–Crippen MR) is 75.4 cm³/mol. The molecule has 1 aromatic carbocycles. The molecule has 0 amide bonds. The minimum atomic E-state index is -0.374. The van der Waals surface area contributed by atoms with E-state index < -0.39 is 0 Å². The molecular weight excluding hydrogens is 252 g/mol. The van der Waals surface area contributed by atoms with Gasteiger partial charge in [-0.25, -0.2) is 0 Å². The minimum Gasteiger partial charge on any atom is -0.396 e. The number of aryl methyl sites for hydroxylation is 1. The molecular formula is C12H18N2O3S. The summed E-state index contributed by atoms with van der Waals surface area (Å²) in [5.74, 6) is 1.78. The summed E-state index contributed by atoms with van der Waals surface area (Å²) in [5.41, 5.74) is 1.68. The molecule has 0 heterocycles. The van der Waals surface area contributed by atoms with Crippen LogP contribution in [0.5, 0.6) is 0 Å². The summed E-state index contributed by atoms with van der Waals surface area (Å²) in [5, 5.41) is 22.6. The number of hydrogen-bond donors (Lipinski definition) is 2. The Morgan fingerprint density at radius 2 is 2.22 bits per heavy atom. The number of anilines is 1. The van der Waals surface area contributed by atoms with Crippen molar-refractivity contribution < 1.29 is 10.0 Å². The van der Waals surface area contributed by atoms with Crippen LogP contribution < -0.4 is 5.32 Å². The zero-order chi connectivity index (χ0) is 13.4. The number of nitrogens with zero attached hydrogens (tertiary/aromatic N) is 1. The van der Waals surface area contributed by atoms with Gasteiger partial charge in [0, 0.05) is 25.0 Å². The van der Waals surface area contributed by atoms with Crippen molar-refractivity contribution in [1.82, 2.24) is 0 Å². The first-order valence-electron chi connectivity index (χ1n) is 5.82. The number of benzene rings is 1. The maximum absolute atomic E-state index is 10.8. The third-order valence-corrected chi connectivity index (χ3v) is 3.43. The number of rotatable bonds is 8. The van der Waals surface area contributed by atoms with Gasteiger partial charge in [-0.1, -0.05) is 6.07 Å². The van der Waals surface area contributed by atoms with Crippen molar-refractivity contribution in [3.63, 3.8) is 0 Å². The molecule has 1 rings (SSSR count). The normalized spacial score (nSPS) is 10.3. The fourth-order valence-electron chi connectivity index (χ4n) is 1.48. The Kier molecular flexibility index (Phi) is 6.53. The number of hydrogen-bond acceptors (Lipinski definition) is 5. The van der Waals surface area contributed by atoms with Crippen LogP contribution in [0.25, 0.3) is 0 Å². The number of aliphatic hydroxyl groups excluding tert-OH is 1. The molecule has 0 atom stereocenters. The van der Waals surface area contributed by atoms with E-state index >= 15 is 0 Å². The summed E-state index contributed by atoms with van der Waals surface area (Å²) in [6, 6.07) is 5.05. The molecule has 0 spiro atoms. The lowest BCUT2D eigenvalue weighted by molar-refractivity contribution is -0.384. The Labute approximate surface area is 111 Å². The van der Waals surface area contributed by atoms with Gasteiger partial charge in [0.05, 0.1) is 4.92 Å². The zero-order valence-corrected chi connectivity index (χ0v) is 11.2. The Bertz CT molecular complexity index is 399. The molecule has 0 aliphatic heterocycles. The number of nitro benzene ring substituents is 1. The van der Waals surface area contributed by atoms with E-state index in [2.05, 4.69) is 5.32 Å². The SMILES string of the molecule is Cc1ccc([N+](=O)[O-])c(NCCSCCCO)c1. The highest BCUT2D eigenvalue weighted by atomic mass is 32.2. The average Bonchev–Trinajstić information content (AvgIpc) is 2.33. The molecule has 0 saturated carbocycles. The van der Waals surface area contributed by atoms with Gasteiger partial charge in [0.2, 0.25) is 0 Å². The van der Waals surface area contributed by atoms with Gasteiger partial charge in [-0.3, -0.25) is 10.1 Å². The lowest BCUT2D eigenvalue weighted by Gasteiger charge is -2.07. The Morgan fingerprint density at radius 1 is 1.44 bits per heavy atom. The Morgan fingerprint density at radius 3 is 2.89 bits per heavy atom. The van der Waals surface area contributed by atoms with Crippen LogP contribution in [-0.4, -0.2) is 34.7 Å². The molecule has 100 valence electrons. The predicted octanol–water partition coefficient (Wildman–Crippen LogP) is 2.43. The first kappa shape index (κ1) is 14.8. The van der Waals surface area contributed by atoms with E-state index in [9.17, 15) is 10.1 Å². The highest BCUT2D eigenvalue weighted by molar-refractivity contribution is 7.99. The van der Waals surface area contributed by atoms with Gasteiger partial charge >= 0.3 is 0 Å². The summed E-state index contributed by atoms with van der Waals surface area (Å²) < 4.78 is 0. The van der Waals surface area contributed by atoms with Gasteiger partial charge in [-0.2, -0.15) is 11.8 Å². The van der Waals surface area contributed by atoms with E-state index in [1.165, 1.54) is 6.07 Å². The van der Waals surface area contributed by atoms with Crippen LogP contribution in [0.1, 0.15) is 12.0 Å². The molecule has 0 aliphatic rings. The van der Waals surface area contributed by atoms with Crippen molar-refractivity contribution in [2.24, 2.45) is 0 Å². The number of aliphatic hydroxyl groups is 1. The van der Waals surface area contributed by atoms with Crippen molar-refractivity contribution in [3.05, 3.63) is 33.9 Å². The van der Waals surface area contributed by atoms with Crippen LogP contribution in [0.3, 0.4) is 0 Å². The first-order chi connectivity index (χ1) is 8.65. The van der Waals surface area contributed by atoms with Gasteiger partial charge in [0.15, 0.2) is 0 Å². The number of thioether (sulfide) groups is 1. The molecule has 0 saturated heterocycles. The summed E-state index contributed by atoms with van der Waals surface area (Å²) in [7, 11) is 0. The van der Waals surface area contributed by atoms with Gasteiger partial charge in [0.1, 0.15) is 5.69 Å². The fourth-order valence-corrected chi connectivity index (χ4v) is 2.26. The minimum absolute atomic E-state index is 0.112. The number of nitrogens with one attached hydrogen (secondary N) is 1. The van der Waals surface area contributed by atoms with Gasteiger partial charge in [-0.15, -0.1) is 0 Å². The van der Waals surface area contributed by atoms with Crippen LogP contribution in [0, 0.1) is 17.0 Å². The van der Waals surface area contributed by atoms with Crippen molar-refractivity contribution in [3.8, 4) is 0 Å². The lowest BCUT2D eigenvalue weighted by Crippen LogP contribution is -2.07. The van der Waals surface area contributed by atoms with Crippen LogP contribution in [0.4, 0.5) is 11.4 Å². The molecule has 18 heavy (non-hydrogen) atoms. The summed E-state index contributed by atoms with van der Waals surface area (Å²) in [4.78, 5) is 10.5. The molecule has 0 fully saturated rings. The second kappa shape index (κ2) is 7.94. The third-order valence-electron chi connectivity index (χ3n) is 2.36. The smallest absolute Gasteiger partial charge is 0.292 e. The number of nitro groups is 1. The average molecular weight is 270 g/mol. The second-order valence-electron chi connectivity index (χ2n) is 3.89. The molecule has 5 nitrogen and oxygen atoms in total. The van der Waals surface area contributed by atoms with Crippen LogP contribution >= 0.6 is 11.8 Å². The highest BCUT2D eigenvalue weighted by Gasteiger charge is 2.12. The standard InChI is InChI=1S/C12H18N2O3S/c1-10-3-4-12(14(16)17)11(9-10)13-5-8-18-7-2-6-15/h3-4,9,13,15H,2,5-8H2,1H3. The van der Waals surface area contributed by atoms with Gasteiger partial charge in [-0.05, 0) is 30.7 Å². The molecule has 0 aromatic heterocycles. The molecule has 0 unspecified atom stereocenters. The van der Waals surface area contributed by atoms with Crippen LogP contribution in [0.15, 0.2) is 18.2 Å². The van der Waals surface area contributed by atoms with Gasteiger partial charge in [0.25, 0.3) is 5.69 Å². The van der Waals surface area contributed by atoms with E-state index in [0.717, 1.165) is 23.5 Å². The quantitative estimate of drug-likeness (QED) is 0.431. The van der Waals surface area contributed by atoms with Crippen molar-refractivity contribution >= 4 is 23.1 Å². The maximum atomic E-state index is 10.8. The van der Waals surface area contributed by atoms with E-state index in [1.54, 1.807) is 23.9 Å². The summed E-state index contributed by atoms with van der Waals surface area (Å²) in [6.07, 6.45) is 0.787. The van der Waals surface area contributed by atoms with Crippen molar-refractivity contribution in [1.29, 1.82) is 0 Å². The summed E-state index contributed by atoms with van der Waals surface area (Å²) >= 11 is 1.72. The van der Waals surface area contributed by atoms with Crippen molar-refractivity contribution in [2.75, 3.05) is 30.0 Å². The van der Waals surface area contributed by atoms with E-state index in [4.69, 9.17) is 5.11 Å². The highest BCUT2D eigenvalue weighted by Crippen LogP contribution is 2.25. The van der Waals surface area contributed by atoms with Gasteiger partial charge < -0.3 is 10.4 Å². The Hall–Kier alpha value is -1.27. The fraction of sp³-hybridized carbons (Fsp3) is 0.500. The molecule has 2 N–H and O–H groups in total. The van der Waals surface area contributed by atoms with E-state index in [0.29, 0.717) is 12.2 Å². The maximum Gasteiger partial charge on any atom is 0.292 e. The van der Waals surface area contributed by atoms with Crippen molar-refractivity contribution in [2.45, 2.75) is 13.3 Å². The van der Waals surface area contributed by atoms with Crippen LogP contribution in [-0.2, 0) is 0 Å². The zero-order valence-electron chi connectivity index (χ0n) is 10.4. The van der Waals surface area contributed by atoms with E-state index in [1.807, 2.05) is 6.92 Å². The van der Waals surface area contributed by atoms with E-state index in [-0.39, 0.29) is 17.2 Å². The molecule has 1 aromatic rings. The summed E-state index contributed by atoms with van der Waals surface area (Å²) in [6.45, 7) is 2.80. The largest absolute Gasteiger partial charge is 0.396 e. The monoisotopic (exact) mass is 270 g/mol. The molecule has 0 bridgehead atoms.